The molecule has 0 bridgehead atoms. The van der Waals surface area contributed by atoms with Gasteiger partial charge in [0.2, 0.25) is 0 Å². The van der Waals surface area contributed by atoms with E-state index in [9.17, 15) is 0 Å². The van der Waals surface area contributed by atoms with E-state index in [4.69, 9.17) is 4.74 Å². The van der Waals surface area contributed by atoms with Crippen LogP contribution in [0, 0.1) is 13.8 Å². The minimum Gasteiger partial charge on any atom is -0.457 e. The molecule has 100 valence electrons. The molecule has 0 spiro atoms. The number of hydrogen-bond donors (Lipinski definition) is 1. The van der Waals surface area contributed by atoms with Gasteiger partial charge in [-0.05, 0) is 50.2 Å². The molecule has 0 unspecified atom stereocenters. The third-order valence-corrected chi connectivity index (χ3v) is 3.69. The number of aryl methyl sites for hydroxylation is 2. The molecule has 0 aromatic heterocycles. The lowest BCUT2D eigenvalue weighted by molar-refractivity contribution is 0.478. The molecule has 2 rings (SSSR count). The molecule has 0 radical (unpaired) electrons. The maximum Gasteiger partial charge on any atom is 0.130 e. The summed E-state index contributed by atoms with van der Waals surface area (Å²) in [5, 5.41) is 3.14. The standard InChI is InChI=1S/C16H18BrNO/c1-11-4-7-16(12(2)8-11)19-14-6-5-13(10-18-3)15(17)9-14/h4-9,18H,10H2,1-3H3. The van der Waals surface area contributed by atoms with Gasteiger partial charge in [0.1, 0.15) is 11.5 Å². The smallest absolute Gasteiger partial charge is 0.130 e. The van der Waals surface area contributed by atoms with Crippen molar-refractivity contribution in [2.75, 3.05) is 7.05 Å². The third kappa shape index (κ3) is 3.58. The van der Waals surface area contributed by atoms with Crippen LogP contribution in [0.1, 0.15) is 16.7 Å². The van der Waals surface area contributed by atoms with Crippen LogP contribution in [0.25, 0.3) is 0 Å². The summed E-state index contributed by atoms with van der Waals surface area (Å²) >= 11 is 3.57. The van der Waals surface area contributed by atoms with Crippen molar-refractivity contribution in [3.05, 3.63) is 57.6 Å². The summed E-state index contributed by atoms with van der Waals surface area (Å²) in [6.07, 6.45) is 0. The molecule has 0 atom stereocenters. The second-order valence-corrected chi connectivity index (χ2v) is 5.51. The quantitative estimate of drug-likeness (QED) is 0.890. The first-order valence-corrected chi connectivity index (χ1v) is 7.07. The normalized spacial score (nSPS) is 10.5. The van der Waals surface area contributed by atoms with Gasteiger partial charge in [-0.2, -0.15) is 0 Å². The van der Waals surface area contributed by atoms with E-state index in [1.807, 2.05) is 25.2 Å². The molecule has 0 fully saturated rings. The zero-order valence-corrected chi connectivity index (χ0v) is 13.0. The van der Waals surface area contributed by atoms with E-state index in [0.29, 0.717) is 0 Å². The Hall–Kier alpha value is -1.32. The van der Waals surface area contributed by atoms with Crippen LogP contribution in [0.3, 0.4) is 0 Å². The predicted molar refractivity (Wildman–Crippen MR) is 82.9 cm³/mol. The average molecular weight is 320 g/mol. The summed E-state index contributed by atoms with van der Waals surface area (Å²) in [6, 6.07) is 12.3. The average Bonchev–Trinajstić information content (AvgIpc) is 2.36. The molecule has 0 saturated carbocycles. The van der Waals surface area contributed by atoms with Gasteiger partial charge in [-0.1, -0.05) is 39.7 Å². The van der Waals surface area contributed by atoms with Crippen molar-refractivity contribution in [3.63, 3.8) is 0 Å². The lowest BCUT2D eigenvalue weighted by Gasteiger charge is -2.11. The molecule has 2 nitrogen and oxygen atoms in total. The van der Waals surface area contributed by atoms with Gasteiger partial charge in [0.15, 0.2) is 0 Å². The molecule has 0 amide bonds. The minimum atomic E-state index is 0.838. The molecule has 0 saturated heterocycles. The van der Waals surface area contributed by atoms with Gasteiger partial charge >= 0.3 is 0 Å². The molecule has 3 heteroatoms. The Morgan fingerprint density at radius 3 is 2.53 bits per heavy atom. The van der Waals surface area contributed by atoms with E-state index in [1.165, 1.54) is 11.1 Å². The summed E-state index contributed by atoms with van der Waals surface area (Å²) in [5.41, 5.74) is 3.61. The second kappa shape index (κ2) is 6.22. The van der Waals surface area contributed by atoms with E-state index >= 15 is 0 Å². The van der Waals surface area contributed by atoms with Crippen LogP contribution in [0.5, 0.6) is 11.5 Å². The van der Waals surface area contributed by atoms with Gasteiger partial charge < -0.3 is 10.1 Å². The summed E-state index contributed by atoms with van der Waals surface area (Å²) in [6.45, 7) is 4.98. The second-order valence-electron chi connectivity index (χ2n) is 4.65. The Bertz CT molecular complexity index is 581. The van der Waals surface area contributed by atoms with Crippen molar-refractivity contribution in [1.82, 2.24) is 5.32 Å². The zero-order chi connectivity index (χ0) is 13.8. The van der Waals surface area contributed by atoms with E-state index in [0.717, 1.165) is 28.1 Å². The summed E-state index contributed by atoms with van der Waals surface area (Å²) in [5.74, 6) is 1.75. The number of rotatable bonds is 4. The van der Waals surface area contributed by atoms with Crippen LogP contribution in [0.4, 0.5) is 0 Å². The summed E-state index contributed by atoms with van der Waals surface area (Å²) in [7, 11) is 1.94. The Labute approximate surface area is 122 Å². The van der Waals surface area contributed by atoms with Crippen LogP contribution in [0.2, 0.25) is 0 Å². The van der Waals surface area contributed by atoms with Gasteiger partial charge in [0.05, 0.1) is 0 Å². The molecule has 0 heterocycles. The SMILES string of the molecule is CNCc1ccc(Oc2ccc(C)cc2C)cc1Br. The van der Waals surface area contributed by atoms with Gasteiger partial charge in [0.25, 0.3) is 0 Å². The van der Waals surface area contributed by atoms with Crippen molar-refractivity contribution in [2.45, 2.75) is 20.4 Å². The fraction of sp³-hybridized carbons (Fsp3) is 0.250. The van der Waals surface area contributed by atoms with E-state index in [1.54, 1.807) is 0 Å². The van der Waals surface area contributed by atoms with Crippen LogP contribution in [0.15, 0.2) is 40.9 Å². The van der Waals surface area contributed by atoms with E-state index < -0.39 is 0 Å². The topological polar surface area (TPSA) is 21.3 Å². The van der Waals surface area contributed by atoms with Crippen molar-refractivity contribution in [1.29, 1.82) is 0 Å². The molecule has 1 N–H and O–H groups in total. The molecule has 19 heavy (non-hydrogen) atoms. The number of benzene rings is 2. The highest BCUT2D eigenvalue weighted by molar-refractivity contribution is 9.10. The molecular formula is C16H18BrNO. The largest absolute Gasteiger partial charge is 0.457 e. The molecule has 2 aromatic rings. The minimum absolute atomic E-state index is 0.838. The lowest BCUT2D eigenvalue weighted by Crippen LogP contribution is -2.05. The number of ether oxygens (including phenoxy) is 1. The molecular weight excluding hydrogens is 302 g/mol. The lowest BCUT2D eigenvalue weighted by atomic mass is 10.1. The van der Waals surface area contributed by atoms with Crippen molar-refractivity contribution >= 4 is 15.9 Å². The fourth-order valence-electron chi connectivity index (χ4n) is 1.97. The van der Waals surface area contributed by atoms with Crippen molar-refractivity contribution in [3.8, 4) is 11.5 Å². The zero-order valence-electron chi connectivity index (χ0n) is 11.5. The van der Waals surface area contributed by atoms with Gasteiger partial charge in [-0.3, -0.25) is 0 Å². The van der Waals surface area contributed by atoms with Crippen molar-refractivity contribution < 1.29 is 4.74 Å². The Kier molecular flexibility index (Phi) is 4.61. The first kappa shape index (κ1) is 14.1. The fourth-order valence-corrected chi connectivity index (χ4v) is 2.46. The van der Waals surface area contributed by atoms with Crippen LogP contribution in [-0.2, 0) is 6.54 Å². The monoisotopic (exact) mass is 319 g/mol. The highest BCUT2D eigenvalue weighted by Gasteiger charge is 2.05. The molecule has 0 aliphatic heterocycles. The maximum absolute atomic E-state index is 5.93. The number of halogens is 1. The van der Waals surface area contributed by atoms with Crippen LogP contribution >= 0.6 is 15.9 Å². The molecule has 0 aliphatic rings. The predicted octanol–water partition coefficient (Wildman–Crippen LogP) is 4.58. The van der Waals surface area contributed by atoms with E-state index in [-0.39, 0.29) is 0 Å². The van der Waals surface area contributed by atoms with Gasteiger partial charge in [-0.25, -0.2) is 0 Å². The Balaban J connectivity index is 2.21. The first-order chi connectivity index (χ1) is 9.10. The van der Waals surface area contributed by atoms with Crippen LogP contribution < -0.4 is 10.1 Å². The van der Waals surface area contributed by atoms with Gasteiger partial charge in [-0.15, -0.1) is 0 Å². The Morgan fingerprint density at radius 2 is 1.89 bits per heavy atom. The molecule has 2 aromatic carbocycles. The molecule has 0 aliphatic carbocycles. The third-order valence-electron chi connectivity index (χ3n) is 2.95. The van der Waals surface area contributed by atoms with Crippen LogP contribution in [-0.4, -0.2) is 7.05 Å². The first-order valence-electron chi connectivity index (χ1n) is 6.28. The number of nitrogens with one attached hydrogen (secondary N) is 1. The summed E-state index contributed by atoms with van der Waals surface area (Å²) in [4.78, 5) is 0. The number of hydrogen-bond acceptors (Lipinski definition) is 2. The highest BCUT2D eigenvalue weighted by atomic mass is 79.9. The van der Waals surface area contributed by atoms with Gasteiger partial charge in [0, 0.05) is 11.0 Å². The van der Waals surface area contributed by atoms with Crippen molar-refractivity contribution in [2.24, 2.45) is 0 Å². The Morgan fingerprint density at radius 1 is 1.11 bits per heavy atom. The summed E-state index contributed by atoms with van der Waals surface area (Å²) < 4.78 is 6.99. The highest BCUT2D eigenvalue weighted by Crippen LogP contribution is 2.29. The van der Waals surface area contributed by atoms with E-state index in [2.05, 4.69) is 53.3 Å². The maximum atomic E-state index is 5.93.